The second-order valence-corrected chi connectivity index (χ2v) is 7.15. The Kier molecular flexibility index (Phi) is 4.58. The number of thiazole rings is 1. The number of fused-ring (bicyclic) bond motifs is 1. The Morgan fingerprint density at radius 1 is 1.32 bits per heavy atom. The van der Waals surface area contributed by atoms with Crippen molar-refractivity contribution in [2.24, 2.45) is 0 Å². The van der Waals surface area contributed by atoms with Gasteiger partial charge in [-0.1, -0.05) is 0 Å². The SMILES string of the molecule is CC(C)(C)NCCC(=O)Nc1nc2c(s1)CCCC2. The summed E-state index contributed by atoms with van der Waals surface area (Å²) in [5.41, 5.74) is 1.25. The Hall–Kier alpha value is -0.940. The minimum absolute atomic E-state index is 0.0443. The maximum absolute atomic E-state index is 11.8. The van der Waals surface area contributed by atoms with Crippen molar-refractivity contribution in [1.82, 2.24) is 10.3 Å². The van der Waals surface area contributed by atoms with E-state index in [0.717, 1.165) is 18.0 Å². The third kappa shape index (κ3) is 4.58. The minimum Gasteiger partial charge on any atom is -0.312 e. The van der Waals surface area contributed by atoms with Gasteiger partial charge in [-0.2, -0.15) is 0 Å². The number of amides is 1. The van der Waals surface area contributed by atoms with Crippen LogP contribution in [-0.4, -0.2) is 23.0 Å². The van der Waals surface area contributed by atoms with Gasteiger partial charge in [0.05, 0.1) is 5.69 Å². The summed E-state index contributed by atoms with van der Waals surface area (Å²) in [6.45, 7) is 6.99. The smallest absolute Gasteiger partial charge is 0.227 e. The molecule has 0 saturated carbocycles. The molecule has 2 rings (SSSR count). The van der Waals surface area contributed by atoms with Gasteiger partial charge in [0.2, 0.25) is 5.91 Å². The van der Waals surface area contributed by atoms with E-state index in [1.807, 2.05) is 0 Å². The monoisotopic (exact) mass is 281 g/mol. The van der Waals surface area contributed by atoms with E-state index in [-0.39, 0.29) is 11.4 Å². The van der Waals surface area contributed by atoms with Gasteiger partial charge < -0.3 is 10.6 Å². The van der Waals surface area contributed by atoms with E-state index in [2.05, 4.69) is 36.4 Å². The zero-order valence-corrected chi connectivity index (χ0v) is 12.8. The number of anilines is 1. The standard InChI is InChI=1S/C14H23N3OS/c1-14(2,3)15-9-8-12(18)17-13-16-10-6-4-5-7-11(10)19-13/h15H,4-9H2,1-3H3,(H,16,17,18). The van der Waals surface area contributed by atoms with E-state index in [1.54, 1.807) is 11.3 Å². The first kappa shape index (κ1) is 14.5. The summed E-state index contributed by atoms with van der Waals surface area (Å²) in [5.74, 6) is 0.0443. The summed E-state index contributed by atoms with van der Waals surface area (Å²) in [4.78, 5) is 17.7. The van der Waals surface area contributed by atoms with Gasteiger partial charge in [-0.25, -0.2) is 4.98 Å². The molecule has 0 spiro atoms. The molecular formula is C14H23N3OS. The molecule has 0 unspecified atom stereocenters. The number of carbonyl (C=O) groups excluding carboxylic acids is 1. The number of nitrogens with zero attached hydrogens (tertiary/aromatic N) is 1. The van der Waals surface area contributed by atoms with Crippen molar-refractivity contribution in [3.05, 3.63) is 10.6 Å². The first-order valence-electron chi connectivity index (χ1n) is 6.97. The van der Waals surface area contributed by atoms with Crippen LogP contribution in [0, 0.1) is 0 Å². The van der Waals surface area contributed by atoms with Gasteiger partial charge in [-0.15, -0.1) is 11.3 Å². The van der Waals surface area contributed by atoms with Crippen molar-refractivity contribution in [2.45, 2.75) is 58.4 Å². The Morgan fingerprint density at radius 2 is 2.05 bits per heavy atom. The van der Waals surface area contributed by atoms with E-state index in [0.29, 0.717) is 13.0 Å². The number of hydrogen-bond acceptors (Lipinski definition) is 4. The van der Waals surface area contributed by atoms with Crippen LogP contribution in [0.5, 0.6) is 0 Å². The van der Waals surface area contributed by atoms with Crippen molar-refractivity contribution in [3.63, 3.8) is 0 Å². The van der Waals surface area contributed by atoms with Gasteiger partial charge in [0.15, 0.2) is 5.13 Å². The summed E-state index contributed by atoms with van der Waals surface area (Å²) in [6, 6.07) is 0. The van der Waals surface area contributed by atoms with Gasteiger partial charge in [0.1, 0.15) is 0 Å². The molecule has 0 saturated heterocycles. The van der Waals surface area contributed by atoms with Crippen LogP contribution in [0.15, 0.2) is 0 Å². The second-order valence-electron chi connectivity index (χ2n) is 6.07. The average molecular weight is 281 g/mol. The second kappa shape index (κ2) is 6.01. The number of hydrogen-bond donors (Lipinski definition) is 2. The fourth-order valence-corrected chi connectivity index (χ4v) is 3.20. The molecule has 0 radical (unpaired) electrons. The molecule has 1 aliphatic rings. The fourth-order valence-electron chi connectivity index (χ4n) is 2.14. The molecule has 1 amide bonds. The van der Waals surface area contributed by atoms with Gasteiger partial charge >= 0.3 is 0 Å². The largest absolute Gasteiger partial charge is 0.312 e. The molecule has 1 aromatic heterocycles. The summed E-state index contributed by atoms with van der Waals surface area (Å²) in [6.07, 6.45) is 5.14. The lowest BCUT2D eigenvalue weighted by Gasteiger charge is -2.19. The van der Waals surface area contributed by atoms with Crippen molar-refractivity contribution < 1.29 is 4.79 Å². The summed E-state index contributed by atoms with van der Waals surface area (Å²) in [5, 5.41) is 6.99. The summed E-state index contributed by atoms with van der Waals surface area (Å²) in [7, 11) is 0. The van der Waals surface area contributed by atoms with E-state index >= 15 is 0 Å². The predicted octanol–water partition coefficient (Wildman–Crippen LogP) is 2.74. The normalized spacial score (nSPS) is 15.1. The first-order valence-corrected chi connectivity index (χ1v) is 7.79. The Labute approximate surface area is 119 Å². The van der Waals surface area contributed by atoms with Crippen LogP contribution in [-0.2, 0) is 17.6 Å². The Bertz CT molecular complexity index is 425. The van der Waals surface area contributed by atoms with Gasteiger partial charge in [-0.3, -0.25) is 4.79 Å². The lowest BCUT2D eigenvalue weighted by atomic mass is 10.0. The Morgan fingerprint density at radius 3 is 2.74 bits per heavy atom. The van der Waals surface area contributed by atoms with Crippen LogP contribution in [0.25, 0.3) is 0 Å². The van der Waals surface area contributed by atoms with E-state index in [9.17, 15) is 4.79 Å². The predicted molar refractivity (Wildman–Crippen MR) is 79.8 cm³/mol. The highest BCUT2D eigenvalue weighted by atomic mass is 32.1. The highest BCUT2D eigenvalue weighted by molar-refractivity contribution is 7.15. The molecule has 0 aromatic carbocycles. The first-order chi connectivity index (χ1) is 8.94. The van der Waals surface area contributed by atoms with Crippen molar-refractivity contribution >= 4 is 22.4 Å². The molecule has 0 bridgehead atoms. The highest BCUT2D eigenvalue weighted by Crippen LogP contribution is 2.29. The third-order valence-corrected chi connectivity index (χ3v) is 4.17. The van der Waals surface area contributed by atoms with Gasteiger partial charge in [0, 0.05) is 23.4 Å². The van der Waals surface area contributed by atoms with Crippen LogP contribution in [0.3, 0.4) is 0 Å². The molecule has 0 fully saturated rings. The highest BCUT2D eigenvalue weighted by Gasteiger charge is 2.16. The topological polar surface area (TPSA) is 54.0 Å². The zero-order valence-electron chi connectivity index (χ0n) is 12.0. The lowest BCUT2D eigenvalue weighted by Crippen LogP contribution is -2.37. The fraction of sp³-hybridized carbons (Fsp3) is 0.714. The van der Waals surface area contributed by atoms with Crippen LogP contribution in [0.2, 0.25) is 0 Å². The molecule has 1 aromatic rings. The summed E-state index contributed by atoms with van der Waals surface area (Å²) >= 11 is 1.64. The molecule has 2 N–H and O–H groups in total. The van der Waals surface area contributed by atoms with E-state index in [4.69, 9.17) is 0 Å². The Balaban J connectivity index is 1.80. The maximum Gasteiger partial charge on any atom is 0.227 e. The van der Waals surface area contributed by atoms with E-state index < -0.39 is 0 Å². The van der Waals surface area contributed by atoms with Gasteiger partial charge in [0.25, 0.3) is 0 Å². The molecule has 0 aliphatic heterocycles. The van der Waals surface area contributed by atoms with Crippen molar-refractivity contribution in [1.29, 1.82) is 0 Å². The molecule has 1 aliphatic carbocycles. The molecular weight excluding hydrogens is 258 g/mol. The number of aryl methyl sites for hydroxylation is 2. The lowest BCUT2D eigenvalue weighted by molar-refractivity contribution is -0.116. The number of carbonyl (C=O) groups is 1. The molecule has 0 atom stereocenters. The zero-order chi connectivity index (χ0) is 13.9. The number of aromatic nitrogens is 1. The molecule has 1 heterocycles. The molecule has 5 heteroatoms. The summed E-state index contributed by atoms with van der Waals surface area (Å²) < 4.78 is 0. The van der Waals surface area contributed by atoms with Crippen LogP contribution in [0.1, 0.15) is 50.6 Å². The van der Waals surface area contributed by atoms with E-state index in [1.165, 1.54) is 23.4 Å². The quantitative estimate of drug-likeness (QED) is 0.892. The minimum atomic E-state index is 0.0443. The molecule has 106 valence electrons. The van der Waals surface area contributed by atoms with Crippen molar-refractivity contribution in [2.75, 3.05) is 11.9 Å². The van der Waals surface area contributed by atoms with Gasteiger partial charge in [-0.05, 0) is 46.5 Å². The maximum atomic E-state index is 11.8. The van der Waals surface area contributed by atoms with Crippen LogP contribution >= 0.6 is 11.3 Å². The number of rotatable bonds is 4. The van der Waals surface area contributed by atoms with Crippen LogP contribution in [0.4, 0.5) is 5.13 Å². The van der Waals surface area contributed by atoms with Crippen LogP contribution < -0.4 is 10.6 Å². The number of nitrogens with one attached hydrogen (secondary N) is 2. The average Bonchev–Trinajstić information content (AvgIpc) is 2.68. The van der Waals surface area contributed by atoms with Crippen molar-refractivity contribution in [3.8, 4) is 0 Å². The molecule has 19 heavy (non-hydrogen) atoms. The molecule has 4 nitrogen and oxygen atoms in total. The third-order valence-electron chi connectivity index (χ3n) is 3.10.